The van der Waals surface area contributed by atoms with Crippen molar-refractivity contribution >= 4 is 11.5 Å². The number of nitro groups is 1. The molecule has 0 amide bonds. The molecule has 1 aromatic rings. The standard InChI is InChI=1S/C12H13NO4/c14-12(6-9-4-5-17-8-9)10-2-1-3-11(7-10)13(15)16/h1-3,7,9H,4-6,8H2. The number of Topliss-reactive ketones (excluding diaryl/α,β-unsaturated/α-hetero) is 1. The maximum Gasteiger partial charge on any atom is 0.270 e. The fourth-order valence-corrected chi connectivity index (χ4v) is 1.92. The molecular weight excluding hydrogens is 222 g/mol. The van der Waals surface area contributed by atoms with Gasteiger partial charge in [0, 0.05) is 37.3 Å². The molecule has 1 fully saturated rings. The summed E-state index contributed by atoms with van der Waals surface area (Å²) in [6.45, 7) is 1.31. The summed E-state index contributed by atoms with van der Waals surface area (Å²) in [5, 5.41) is 10.6. The van der Waals surface area contributed by atoms with E-state index in [0.717, 1.165) is 6.42 Å². The Hall–Kier alpha value is -1.75. The molecule has 0 aliphatic carbocycles. The van der Waals surface area contributed by atoms with Crippen LogP contribution in [-0.2, 0) is 4.74 Å². The van der Waals surface area contributed by atoms with Gasteiger partial charge in [-0.15, -0.1) is 0 Å². The number of non-ortho nitro benzene ring substituents is 1. The van der Waals surface area contributed by atoms with Crippen LogP contribution >= 0.6 is 0 Å². The monoisotopic (exact) mass is 235 g/mol. The number of ether oxygens (including phenoxy) is 1. The van der Waals surface area contributed by atoms with Gasteiger partial charge in [0.2, 0.25) is 0 Å². The van der Waals surface area contributed by atoms with Gasteiger partial charge in [-0.1, -0.05) is 12.1 Å². The van der Waals surface area contributed by atoms with Crippen LogP contribution in [0.2, 0.25) is 0 Å². The Morgan fingerprint density at radius 1 is 1.53 bits per heavy atom. The number of nitrogens with zero attached hydrogens (tertiary/aromatic N) is 1. The van der Waals surface area contributed by atoms with Crippen LogP contribution in [0, 0.1) is 16.0 Å². The predicted molar refractivity (Wildman–Crippen MR) is 61.0 cm³/mol. The van der Waals surface area contributed by atoms with Gasteiger partial charge in [0.25, 0.3) is 5.69 Å². The van der Waals surface area contributed by atoms with Crippen molar-refractivity contribution in [3.63, 3.8) is 0 Å². The Balaban J connectivity index is 2.07. The lowest BCUT2D eigenvalue weighted by molar-refractivity contribution is -0.384. The number of ketones is 1. The zero-order valence-corrected chi connectivity index (χ0v) is 9.30. The largest absolute Gasteiger partial charge is 0.381 e. The Bertz CT molecular complexity index is 438. The summed E-state index contributed by atoms with van der Waals surface area (Å²) >= 11 is 0. The Labute approximate surface area is 98.5 Å². The molecule has 0 radical (unpaired) electrons. The summed E-state index contributed by atoms with van der Waals surface area (Å²) in [4.78, 5) is 22.0. The zero-order chi connectivity index (χ0) is 12.3. The molecule has 1 aliphatic heterocycles. The van der Waals surface area contributed by atoms with Crippen molar-refractivity contribution in [1.82, 2.24) is 0 Å². The van der Waals surface area contributed by atoms with Crippen molar-refractivity contribution in [1.29, 1.82) is 0 Å². The predicted octanol–water partition coefficient (Wildman–Crippen LogP) is 2.20. The van der Waals surface area contributed by atoms with E-state index in [4.69, 9.17) is 4.74 Å². The third-order valence-corrected chi connectivity index (χ3v) is 2.88. The van der Waals surface area contributed by atoms with Gasteiger partial charge in [-0.25, -0.2) is 0 Å². The number of carbonyl (C=O) groups is 1. The van der Waals surface area contributed by atoms with Gasteiger partial charge >= 0.3 is 0 Å². The lowest BCUT2D eigenvalue weighted by atomic mass is 9.97. The minimum Gasteiger partial charge on any atom is -0.381 e. The van der Waals surface area contributed by atoms with E-state index in [1.165, 1.54) is 18.2 Å². The van der Waals surface area contributed by atoms with Crippen LogP contribution in [0.15, 0.2) is 24.3 Å². The van der Waals surface area contributed by atoms with Crippen LogP contribution in [0.25, 0.3) is 0 Å². The van der Waals surface area contributed by atoms with Gasteiger partial charge in [0.15, 0.2) is 5.78 Å². The number of carbonyl (C=O) groups excluding carboxylic acids is 1. The number of benzene rings is 1. The summed E-state index contributed by atoms with van der Waals surface area (Å²) in [6, 6.07) is 5.87. The van der Waals surface area contributed by atoms with Gasteiger partial charge in [0.05, 0.1) is 4.92 Å². The fourth-order valence-electron chi connectivity index (χ4n) is 1.92. The summed E-state index contributed by atoms with van der Waals surface area (Å²) in [6.07, 6.45) is 1.29. The van der Waals surface area contributed by atoms with E-state index in [-0.39, 0.29) is 17.4 Å². The lowest BCUT2D eigenvalue weighted by Crippen LogP contribution is -2.08. The number of hydrogen-bond donors (Lipinski definition) is 0. The van der Waals surface area contributed by atoms with Crippen LogP contribution in [0.4, 0.5) is 5.69 Å². The van der Waals surface area contributed by atoms with E-state index in [0.29, 0.717) is 25.2 Å². The number of rotatable bonds is 4. The van der Waals surface area contributed by atoms with Gasteiger partial charge < -0.3 is 4.74 Å². The summed E-state index contributed by atoms with van der Waals surface area (Å²) in [5.41, 5.74) is 0.365. The second-order valence-electron chi connectivity index (χ2n) is 4.16. The van der Waals surface area contributed by atoms with E-state index < -0.39 is 4.92 Å². The van der Waals surface area contributed by atoms with E-state index >= 15 is 0 Å². The normalized spacial score (nSPS) is 19.2. The summed E-state index contributed by atoms with van der Waals surface area (Å²) in [7, 11) is 0. The van der Waals surface area contributed by atoms with E-state index in [1.807, 2.05) is 0 Å². The molecule has 5 nitrogen and oxygen atoms in total. The Morgan fingerprint density at radius 3 is 3.00 bits per heavy atom. The first-order chi connectivity index (χ1) is 8.16. The first kappa shape index (κ1) is 11.7. The summed E-state index contributed by atoms with van der Waals surface area (Å²) in [5.74, 6) is 0.200. The molecule has 1 heterocycles. The Kier molecular flexibility index (Phi) is 3.49. The van der Waals surface area contributed by atoms with Crippen LogP contribution in [0.1, 0.15) is 23.2 Å². The van der Waals surface area contributed by atoms with E-state index in [2.05, 4.69) is 0 Å². The van der Waals surface area contributed by atoms with E-state index in [1.54, 1.807) is 6.07 Å². The highest BCUT2D eigenvalue weighted by atomic mass is 16.6. The molecule has 0 aromatic heterocycles. The maximum absolute atomic E-state index is 11.9. The highest BCUT2D eigenvalue weighted by molar-refractivity contribution is 5.96. The minimum atomic E-state index is -0.491. The molecule has 90 valence electrons. The average Bonchev–Trinajstić information content (AvgIpc) is 2.82. The highest BCUT2D eigenvalue weighted by Gasteiger charge is 2.20. The van der Waals surface area contributed by atoms with Crippen molar-refractivity contribution in [3.05, 3.63) is 39.9 Å². The molecule has 1 aromatic carbocycles. The quantitative estimate of drug-likeness (QED) is 0.455. The van der Waals surface area contributed by atoms with Crippen molar-refractivity contribution in [2.75, 3.05) is 13.2 Å². The summed E-state index contributed by atoms with van der Waals surface area (Å²) < 4.78 is 5.20. The Morgan fingerprint density at radius 2 is 2.35 bits per heavy atom. The van der Waals surface area contributed by atoms with Crippen LogP contribution in [0.5, 0.6) is 0 Å². The number of nitro benzene ring substituents is 1. The third kappa shape index (κ3) is 2.88. The molecule has 2 rings (SSSR count). The second-order valence-corrected chi connectivity index (χ2v) is 4.16. The molecule has 5 heteroatoms. The zero-order valence-electron chi connectivity index (χ0n) is 9.30. The molecule has 1 aliphatic rings. The van der Waals surface area contributed by atoms with Gasteiger partial charge in [-0.05, 0) is 12.3 Å². The van der Waals surface area contributed by atoms with Gasteiger partial charge in [-0.3, -0.25) is 14.9 Å². The van der Waals surface area contributed by atoms with Crippen LogP contribution in [-0.4, -0.2) is 23.9 Å². The van der Waals surface area contributed by atoms with Gasteiger partial charge in [-0.2, -0.15) is 0 Å². The van der Waals surface area contributed by atoms with E-state index in [9.17, 15) is 14.9 Å². The molecule has 1 atom stereocenters. The lowest BCUT2D eigenvalue weighted by Gasteiger charge is -2.05. The van der Waals surface area contributed by atoms with Crippen molar-refractivity contribution < 1.29 is 14.5 Å². The fraction of sp³-hybridized carbons (Fsp3) is 0.417. The first-order valence-corrected chi connectivity index (χ1v) is 5.52. The molecule has 0 spiro atoms. The SMILES string of the molecule is O=C(CC1CCOC1)c1cccc([N+](=O)[O-])c1. The van der Waals surface area contributed by atoms with Crippen LogP contribution in [0.3, 0.4) is 0 Å². The third-order valence-electron chi connectivity index (χ3n) is 2.88. The first-order valence-electron chi connectivity index (χ1n) is 5.52. The molecule has 17 heavy (non-hydrogen) atoms. The molecule has 1 saturated heterocycles. The second kappa shape index (κ2) is 5.05. The smallest absolute Gasteiger partial charge is 0.270 e. The molecule has 0 N–H and O–H groups in total. The topological polar surface area (TPSA) is 69.4 Å². The maximum atomic E-state index is 11.9. The van der Waals surface area contributed by atoms with Crippen molar-refractivity contribution in [2.24, 2.45) is 5.92 Å². The van der Waals surface area contributed by atoms with Crippen molar-refractivity contribution in [3.8, 4) is 0 Å². The average molecular weight is 235 g/mol. The van der Waals surface area contributed by atoms with Gasteiger partial charge in [0.1, 0.15) is 0 Å². The molecule has 1 unspecified atom stereocenters. The molecule has 0 saturated carbocycles. The number of hydrogen-bond acceptors (Lipinski definition) is 4. The van der Waals surface area contributed by atoms with Crippen LogP contribution < -0.4 is 0 Å². The minimum absolute atomic E-state index is 0.0430. The molecule has 0 bridgehead atoms. The molecular formula is C12H13NO4. The highest BCUT2D eigenvalue weighted by Crippen LogP contribution is 2.21. The van der Waals surface area contributed by atoms with Crippen molar-refractivity contribution in [2.45, 2.75) is 12.8 Å².